The lowest BCUT2D eigenvalue weighted by atomic mass is 9.88. The van der Waals surface area contributed by atoms with Crippen LogP contribution in [0, 0.1) is 6.92 Å². The predicted molar refractivity (Wildman–Crippen MR) is 89.9 cm³/mol. The zero-order valence-corrected chi connectivity index (χ0v) is 12.9. The largest absolute Gasteiger partial charge is 0.376 e. The Morgan fingerprint density at radius 1 is 1.14 bits per heavy atom. The van der Waals surface area contributed by atoms with Gasteiger partial charge in [0.15, 0.2) is 0 Å². The summed E-state index contributed by atoms with van der Waals surface area (Å²) in [5.74, 6) is 0.0463. The molecule has 0 radical (unpaired) electrons. The first-order chi connectivity index (χ1) is 10.7. The van der Waals surface area contributed by atoms with E-state index in [4.69, 9.17) is 0 Å². The second-order valence-corrected chi connectivity index (χ2v) is 5.88. The average Bonchev–Trinajstić information content (AvgIpc) is 2.54. The minimum atomic E-state index is 0.0463. The Morgan fingerprint density at radius 2 is 1.91 bits per heavy atom. The van der Waals surface area contributed by atoms with E-state index in [1.165, 1.54) is 11.1 Å². The van der Waals surface area contributed by atoms with E-state index in [9.17, 15) is 4.79 Å². The van der Waals surface area contributed by atoms with Gasteiger partial charge in [0, 0.05) is 5.69 Å². The summed E-state index contributed by atoms with van der Waals surface area (Å²) < 4.78 is 0. The van der Waals surface area contributed by atoms with E-state index in [-0.39, 0.29) is 11.9 Å². The van der Waals surface area contributed by atoms with Gasteiger partial charge in [0.05, 0.1) is 12.6 Å². The van der Waals surface area contributed by atoms with E-state index in [1.807, 2.05) is 31.2 Å². The summed E-state index contributed by atoms with van der Waals surface area (Å²) in [5.41, 5.74) is 4.81. The van der Waals surface area contributed by atoms with Gasteiger partial charge < -0.3 is 10.6 Å². The molecule has 0 saturated carbocycles. The molecule has 0 fully saturated rings. The van der Waals surface area contributed by atoms with Crippen LogP contribution in [0.3, 0.4) is 0 Å². The summed E-state index contributed by atoms with van der Waals surface area (Å²) in [6.45, 7) is 2.35. The standard InChI is InChI=1S/C19H22N2O/c1-14-7-2-5-11-17(14)20-13-19(22)21-18-12-6-9-15-8-3-4-10-16(15)18/h2-5,7-8,10-11,18,20H,6,9,12-13H2,1H3,(H,21,22). The number of rotatable bonds is 4. The van der Waals surface area contributed by atoms with E-state index < -0.39 is 0 Å². The Kier molecular flexibility index (Phi) is 4.42. The van der Waals surface area contributed by atoms with Gasteiger partial charge >= 0.3 is 0 Å². The van der Waals surface area contributed by atoms with Crippen molar-refractivity contribution in [2.75, 3.05) is 11.9 Å². The van der Waals surface area contributed by atoms with Gasteiger partial charge in [-0.15, -0.1) is 0 Å². The first-order valence-electron chi connectivity index (χ1n) is 7.91. The number of anilines is 1. The maximum absolute atomic E-state index is 12.2. The number of amides is 1. The monoisotopic (exact) mass is 294 g/mol. The number of carbonyl (C=O) groups is 1. The Hall–Kier alpha value is -2.29. The number of hydrogen-bond acceptors (Lipinski definition) is 2. The molecular weight excluding hydrogens is 272 g/mol. The second-order valence-electron chi connectivity index (χ2n) is 5.88. The number of aryl methyl sites for hydroxylation is 2. The van der Waals surface area contributed by atoms with Crippen LogP contribution in [0.2, 0.25) is 0 Å². The molecule has 0 aromatic heterocycles. The third-order valence-corrected chi connectivity index (χ3v) is 4.29. The van der Waals surface area contributed by atoms with Gasteiger partial charge in [-0.25, -0.2) is 0 Å². The molecule has 0 spiro atoms. The molecule has 0 heterocycles. The lowest BCUT2D eigenvalue weighted by Crippen LogP contribution is -2.35. The van der Waals surface area contributed by atoms with Gasteiger partial charge in [0.2, 0.25) is 5.91 Å². The van der Waals surface area contributed by atoms with Crippen LogP contribution in [-0.2, 0) is 11.2 Å². The van der Waals surface area contributed by atoms with Crippen molar-refractivity contribution in [1.82, 2.24) is 5.32 Å². The smallest absolute Gasteiger partial charge is 0.239 e. The molecule has 3 nitrogen and oxygen atoms in total. The zero-order valence-electron chi connectivity index (χ0n) is 12.9. The van der Waals surface area contributed by atoms with E-state index in [1.54, 1.807) is 0 Å². The van der Waals surface area contributed by atoms with Crippen molar-refractivity contribution in [3.05, 3.63) is 65.2 Å². The van der Waals surface area contributed by atoms with Gasteiger partial charge in [0.25, 0.3) is 0 Å². The normalized spacial score (nSPS) is 16.7. The van der Waals surface area contributed by atoms with Crippen molar-refractivity contribution in [3.63, 3.8) is 0 Å². The molecule has 1 aliphatic carbocycles. The van der Waals surface area contributed by atoms with Crippen molar-refractivity contribution in [2.45, 2.75) is 32.2 Å². The maximum atomic E-state index is 12.2. The molecule has 1 aliphatic rings. The highest BCUT2D eigenvalue weighted by atomic mass is 16.1. The molecule has 0 bridgehead atoms. The van der Waals surface area contributed by atoms with Gasteiger partial charge in [-0.2, -0.15) is 0 Å². The van der Waals surface area contributed by atoms with Crippen LogP contribution in [0.1, 0.15) is 35.6 Å². The summed E-state index contributed by atoms with van der Waals surface area (Å²) in [6.07, 6.45) is 3.27. The predicted octanol–water partition coefficient (Wildman–Crippen LogP) is 3.60. The number of carbonyl (C=O) groups excluding carboxylic acids is 1. The summed E-state index contributed by atoms with van der Waals surface area (Å²) in [4.78, 5) is 12.2. The molecule has 114 valence electrons. The van der Waals surface area contributed by atoms with Crippen LogP contribution in [0.5, 0.6) is 0 Å². The molecule has 2 N–H and O–H groups in total. The molecule has 1 unspecified atom stereocenters. The Balaban J connectivity index is 1.60. The third kappa shape index (κ3) is 3.30. The highest BCUT2D eigenvalue weighted by Crippen LogP contribution is 2.29. The van der Waals surface area contributed by atoms with E-state index in [0.717, 1.165) is 30.5 Å². The molecule has 2 aromatic carbocycles. The fourth-order valence-corrected chi connectivity index (χ4v) is 3.10. The van der Waals surface area contributed by atoms with Crippen molar-refractivity contribution in [3.8, 4) is 0 Å². The summed E-state index contributed by atoms with van der Waals surface area (Å²) in [5, 5.41) is 6.38. The van der Waals surface area contributed by atoms with Crippen molar-refractivity contribution in [1.29, 1.82) is 0 Å². The highest BCUT2D eigenvalue weighted by Gasteiger charge is 2.21. The van der Waals surface area contributed by atoms with Crippen LogP contribution in [0.25, 0.3) is 0 Å². The van der Waals surface area contributed by atoms with E-state index >= 15 is 0 Å². The zero-order chi connectivity index (χ0) is 15.4. The number of nitrogens with one attached hydrogen (secondary N) is 2. The Bertz CT molecular complexity index is 666. The van der Waals surface area contributed by atoms with Crippen LogP contribution >= 0.6 is 0 Å². The highest BCUT2D eigenvalue weighted by molar-refractivity contribution is 5.81. The maximum Gasteiger partial charge on any atom is 0.239 e. The van der Waals surface area contributed by atoms with Crippen LogP contribution in [0.15, 0.2) is 48.5 Å². The topological polar surface area (TPSA) is 41.1 Å². The molecule has 3 rings (SSSR count). The molecule has 1 atom stereocenters. The van der Waals surface area contributed by atoms with Gasteiger partial charge in [-0.05, 0) is 48.9 Å². The van der Waals surface area contributed by atoms with Gasteiger partial charge in [-0.3, -0.25) is 4.79 Å². The molecule has 1 amide bonds. The van der Waals surface area contributed by atoms with E-state index in [0.29, 0.717) is 6.54 Å². The van der Waals surface area contributed by atoms with Crippen molar-refractivity contribution >= 4 is 11.6 Å². The number of fused-ring (bicyclic) bond motifs is 1. The molecule has 22 heavy (non-hydrogen) atoms. The number of para-hydroxylation sites is 1. The molecule has 3 heteroatoms. The van der Waals surface area contributed by atoms with Crippen molar-refractivity contribution < 1.29 is 4.79 Å². The van der Waals surface area contributed by atoms with Crippen molar-refractivity contribution in [2.24, 2.45) is 0 Å². The fraction of sp³-hybridized carbons (Fsp3) is 0.316. The first kappa shape index (κ1) is 14.6. The first-order valence-corrected chi connectivity index (χ1v) is 7.91. The van der Waals surface area contributed by atoms with Crippen LogP contribution < -0.4 is 10.6 Å². The summed E-state index contributed by atoms with van der Waals surface area (Å²) >= 11 is 0. The molecule has 0 aliphatic heterocycles. The van der Waals surface area contributed by atoms with Gasteiger partial charge in [0.1, 0.15) is 0 Å². The second kappa shape index (κ2) is 6.65. The Labute approximate surface area is 131 Å². The quantitative estimate of drug-likeness (QED) is 0.904. The third-order valence-electron chi connectivity index (χ3n) is 4.29. The Morgan fingerprint density at radius 3 is 2.77 bits per heavy atom. The summed E-state index contributed by atoms with van der Waals surface area (Å²) in [7, 11) is 0. The molecule has 0 saturated heterocycles. The number of benzene rings is 2. The van der Waals surface area contributed by atoms with Gasteiger partial charge in [-0.1, -0.05) is 42.5 Å². The van der Waals surface area contributed by atoms with E-state index in [2.05, 4.69) is 34.9 Å². The molecule has 2 aromatic rings. The lowest BCUT2D eigenvalue weighted by molar-refractivity contribution is -0.120. The minimum Gasteiger partial charge on any atom is -0.376 e. The summed E-state index contributed by atoms with van der Waals surface area (Å²) in [6, 6.07) is 16.6. The number of hydrogen-bond donors (Lipinski definition) is 2. The van der Waals surface area contributed by atoms with Crippen LogP contribution in [0.4, 0.5) is 5.69 Å². The lowest BCUT2D eigenvalue weighted by Gasteiger charge is -2.26. The average molecular weight is 294 g/mol. The fourth-order valence-electron chi connectivity index (χ4n) is 3.10. The molecular formula is C19H22N2O. The minimum absolute atomic E-state index is 0.0463. The van der Waals surface area contributed by atoms with Crippen LogP contribution in [-0.4, -0.2) is 12.5 Å². The SMILES string of the molecule is Cc1ccccc1NCC(=O)NC1CCCc2ccccc21.